The van der Waals surface area contributed by atoms with Crippen molar-refractivity contribution in [2.75, 3.05) is 7.05 Å². The van der Waals surface area contributed by atoms with E-state index >= 15 is 0 Å². The molecule has 0 bridgehead atoms. The standard InChI is InChI=1S/C20H21FN2O2/c1-23-18(24)12-11-17(19(23)15-5-3-2-4-6-15)20(25)22-13-14-7-9-16(21)10-8-14/h2-10,17,19H,11-13H2,1H3,(H,22,25)/t17-,19+/m0/s1. The van der Waals surface area contributed by atoms with Crippen LogP contribution < -0.4 is 5.32 Å². The number of benzene rings is 2. The second kappa shape index (κ2) is 7.47. The lowest BCUT2D eigenvalue weighted by Crippen LogP contribution is -2.46. The zero-order valence-corrected chi connectivity index (χ0v) is 14.1. The van der Waals surface area contributed by atoms with Gasteiger partial charge in [0.25, 0.3) is 0 Å². The molecule has 2 aromatic rings. The number of hydrogen-bond donors (Lipinski definition) is 1. The van der Waals surface area contributed by atoms with Crippen molar-refractivity contribution in [1.82, 2.24) is 10.2 Å². The first-order valence-electron chi connectivity index (χ1n) is 8.39. The minimum absolute atomic E-state index is 0.0523. The maximum absolute atomic E-state index is 13.0. The molecule has 0 radical (unpaired) electrons. The van der Waals surface area contributed by atoms with Gasteiger partial charge in [-0.2, -0.15) is 0 Å². The van der Waals surface area contributed by atoms with Crippen molar-refractivity contribution in [1.29, 1.82) is 0 Å². The fourth-order valence-corrected chi connectivity index (χ4v) is 3.34. The average Bonchev–Trinajstić information content (AvgIpc) is 2.64. The first-order valence-corrected chi connectivity index (χ1v) is 8.39. The molecule has 0 spiro atoms. The van der Waals surface area contributed by atoms with Crippen LogP contribution in [-0.2, 0) is 16.1 Å². The van der Waals surface area contributed by atoms with E-state index in [1.165, 1.54) is 12.1 Å². The molecule has 0 unspecified atom stereocenters. The number of amides is 2. The molecule has 130 valence electrons. The molecular formula is C20H21FN2O2. The Morgan fingerprint density at radius 2 is 1.84 bits per heavy atom. The molecule has 0 aromatic heterocycles. The number of carbonyl (C=O) groups is 2. The summed E-state index contributed by atoms with van der Waals surface area (Å²) in [5.41, 5.74) is 1.80. The van der Waals surface area contributed by atoms with E-state index < -0.39 is 0 Å². The Morgan fingerprint density at radius 3 is 2.52 bits per heavy atom. The van der Waals surface area contributed by atoms with Crippen molar-refractivity contribution < 1.29 is 14.0 Å². The monoisotopic (exact) mass is 340 g/mol. The Morgan fingerprint density at radius 1 is 1.16 bits per heavy atom. The molecule has 1 heterocycles. The van der Waals surface area contributed by atoms with Crippen molar-refractivity contribution in [2.45, 2.75) is 25.4 Å². The van der Waals surface area contributed by atoms with Gasteiger partial charge in [0.1, 0.15) is 5.82 Å². The summed E-state index contributed by atoms with van der Waals surface area (Å²) in [5, 5.41) is 2.92. The maximum Gasteiger partial charge on any atom is 0.225 e. The van der Waals surface area contributed by atoms with Gasteiger partial charge < -0.3 is 10.2 Å². The third-order valence-electron chi connectivity index (χ3n) is 4.72. The van der Waals surface area contributed by atoms with Crippen LogP contribution in [0.15, 0.2) is 54.6 Å². The lowest BCUT2D eigenvalue weighted by molar-refractivity contribution is -0.141. The predicted octanol–water partition coefficient (Wildman–Crippen LogP) is 3.05. The zero-order chi connectivity index (χ0) is 17.8. The van der Waals surface area contributed by atoms with Crippen molar-refractivity contribution in [2.24, 2.45) is 5.92 Å². The molecule has 4 nitrogen and oxygen atoms in total. The second-order valence-electron chi connectivity index (χ2n) is 6.35. The first kappa shape index (κ1) is 17.1. The Labute approximate surface area is 146 Å². The van der Waals surface area contributed by atoms with E-state index in [0.29, 0.717) is 19.4 Å². The summed E-state index contributed by atoms with van der Waals surface area (Å²) < 4.78 is 13.0. The smallest absolute Gasteiger partial charge is 0.225 e. The Balaban J connectivity index is 1.74. The SMILES string of the molecule is CN1C(=O)CC[C@H](C(=O)NCc2ccc(F)cc2)[C@H]1c1ccccc1. The number of nitrogens with one attached hydrogen (secondary N) is 1. The molecule has 0 aliphatic carbocycles. The molecular weight excluding hydrogens is 319 g/mol. The van der Waals surface area contributed by atoms with Crippen LogP contribution in [0.1, 0.15) is 30.0 Å². The lowest BCUT2D eigenvalue weighted by Gasteiger charge is -2.38. The predicted molar refractivity (Wildman–Crippen MR) is 92.9 cm³/mol. The van der Waals surface area contributed by atoms with Crippen molar-refractivity contribution in [3.8, 4) is 0 Å². The Kier molecular flexibility index (Phi) is 5.12. The van der Waals surface area contributed by atoms with Crippen LogP contribution in [-0.4, -0.2) is 23.8 Å². The van der Waals surface area contributed by atoms with Gasteiger partial charge in [0.15, 0.2) is 0 Å². The number of rotatable bonds is 4. The van der Waals surface area contributed by atoms with E-state index in [9.17, 15) is 14.0 Å². The summed E-state index contributed by atoms with van der Waals surface area (Å²) in [7, 11) is 1.75. The third-order valence-corrected chi connectivity index (χ3v) is 4.72. The van der Waals surface area contributed by atoms with Crippen LogP contribution in [0, 0.1) is 11.7 Å². The van der Waals surface area contributed by atoms with E-state index in [1.807, 2.05) is 30.3 Å². The summed E-state index contributed by atoms with van der Waals surface area (Å²) in [6, 6.07) is 15.4. The van der Waals surface area contributed by atoms with Gasteiger partial charge in [0.2, 0.25) is 11.8 Å². The van der Waals surface area contributed by atoms with Gasteiger partial charge >= 0.3 is 0 Å². The summed E-state index contributed by atoms with van der Waals surface area (Å²) >= 11 is 0. The quantitative estimate of drug-likeness (QED) is 0.930. The second-order valence-corrected chi connectivity index (χ2v) is 6.35. The van der Waals surface area contributed by atoms with Crippen LogP contribution >= 0.6 is 0 Å². The molecule has 1 N–H and O–H groups in total. The molecule has 5 heteroatoms. The lowest BCUT2D eigenvalue weighted by atomic mass is 9.84. The van der Waals surface area contributed by atoms with Crippen molar-refractivity contribution in [3.63, 3.8) is 0 Å². The molecule has 2 atom stereocenters. The van der Waals surface area contributed by atoms with Crippen molar-refractivity contribution >= 4 is 11.8 Å². The molecule has 3 rings (SSSR count). The number of hydrogen-bond acceptors (Lipinski definition) is 2. The highest BCUT2D eigenvalue weighted by Gasteiger charge is 2.38. The highest BCUT2D eigenvalue weighted by Crippen LogP contribution is 2.35. The average molecular weight is 340 g/mol. The van der Waals surface area contributed by atoms with Gasteiger partial charge in [0.05, 0.1) is 12.0 Å². The molecule has 1 fully saturated rings. The summed E-state index contributed by atoms with van der Waals surface area (Å²) in [4.78, 5) is 26.5. The highest BCUT2D eigenvalue weighted by molar-refractivity contribution is 5.84. The van der Waals surface area contributed by atoms with E-state index in [1.54, 1.807) is 24.1 Å². The third kappa shape index (κ3) is 3.87. The fourth-order valence-electron chi connectivity index (χ4n) is 3.34. The topological polar surface area (TPSA) is 49.4 Å². The fraction of sp³-hybridized carbons (Fsp3) is 0.300. The minimum atomic E-state index is -0.300. The first-order chi connectivity index (χ1) is 12.1. The number of piperidine rings is 1. The molecule has 2 amide bonds. The zero-order valence-electron chi connectivity index (χ0n) is 14.1. The number of likely N-dealkylation sites (tertiary alicyclic amines) is 1. The molecule has 1 aliphatic heterocycles. The summed E-state index contributed by atoms with van der Waals surface area (Å²) in [6.45, 7) is 0.342. The molecule has 2 aromatic carbocycles. The number of nitrogens with zero attached hydrogens (tertiary/aromatic N) is 1. The summed E-state index contributed by atoms with van der Waals surface area (Å²) in [5.74, 6) is -0.633. The van der Waals surface area contributed by atoms with E-state index in [-0.39, 0.29) is 29.6 Å². The van der Waals surface area contributed by atoms with E-state index in [0.717, 1.165) is 11.1 Å². The molecule has 25 heavy (non-hydrogen) atoms. The van der Waals surface area contributed by atoms with Gasteiger partial charge in [-0.3, -0.25) is 9.59 Å². The van der Waals surface area contributed by atoms with Crippen LogP contribution in [0.3, 0.4) is 0 Å². The normalized spacial score (nSPS) is 20.4. The molecule has 0 saturated carbocycles. The van der Waals surface area contributed by atoms with Crippen LogP contribution in [0.5, 0.6) is 0 Å². The van der Waals surface area contributed by atoms with Gasteiger partial charge in [-0.1, -0.05) is 42.5 Å². The Hall–Kier alpha value is -2.69. The van der Waals surface area contributed by atoms with Gasteiger partial charge in [-0.15, -0.1) is 0 Å². The molecule has 1 aliphatic rings. The van der Waals surface area contributed by atoms with Gasteiger partial charge in [-0.05, 0) is 29.7 Å². The molecule has 1 saturated heterocycles. The number of carbonyl (C=O) groups excluding carboxylic acids is 2. The van der Waals surface area contributed by atoms with Gasteiger partial charge in [0, 0.05) is 20.0 Å². The summed E-state index contributed by atoms with van der Waals surface area (Å²) in [6.07, 6.45) is 0.895. The van der Waals surface area contributed by atoms with Crippen molar-refractivity contribution in [3.05, 3.63) is 71.5 Å². The maximum atomic E-state index is 13.0. The van der Waals surface area contributed by atoms with Crippen LogP contribution in [0.4, 0.5) is 4.39 Å². The number of halogens is 1. The van der Waals surface area contributed by atoms with Crippen LogP contribution in [0.25, 0.3) is 0 Å². The van der Waals surface area contributed by atoms with Gasteiger partial charge in [-0.25, -0.2) is 4.39 Å². The van der Waals surface area contributed by atoms with E-state index in [4.69, 9.17) is 0 Å². The largest absolute Gasteiger partial charge is 0.352 e. The van der Waals surface area contributed by atoms with Crippen LogP contribution in [0.2, 0.25) is 0 Å². The van der Waals surface area contributed by atoms with E-state index in [2.05, 4.69) is 5.32 Å². The minimum Gasteiger partial charge on any atom is -0.352 e. The Bertz CT molecular complexity index is 746. The highest BCUT2D eigenvalue weighted by atomic mass is 19.1.